The van der Waals surface area contributed by atoms with Gasteiger partial charge in [0.15, 0.2) is 0 Å². The number of carbonyl (C=O) groups is 2. The van der Waals surface area contributed by atoms with Crippen LogP contribution in [0.4, 0.5) is 4.79 Å². The second-order valence-corrected chi connectivity index (χ2v) is 8.28. The molecule has 0 aromatic carbocycles. The molecule has 1 unspecified atom stereocenters. The summed E-state index contributed by atoms with van der Waals surface area (Å²) < 4.78 is 10.5. The van der Waals surface area contributed by atoms with Crippen LogP contribution in [0.25, 0.3) is 0 Å². The first-order chi connectivity index (χ1) is 9.44. The fourth-order valence-corrected chi connectivity index (χ4v) is 4.39. The van der Waals surface area contributed by atoms with Crippen molar-refractivity contribution in [2.75, 3.05) is 13.2 Å². The van der Waals surface area contributed by atoms with Gasteiger partial charge in [-0.2, -0.15) is 0 Å². The summed E-state index contributed by atoms with van der Waals surface area (Å²) in [4.78, 5) is 27.8. The first-order valence-corrected chi connectivity index (χ1v) is 9.80. The predicted molar refractivity (Wildman–Crippen MR) is 76.8 cm³/mol. The van der Waals surface area contributed by atoms with Crippen molar-refractivity contribution in [2.24, 2.45) is 0 Å². The summed E-state index contributed by atoms with van der Waals surface area (Å²) in [5.74, 6) is -0.666. The second kappa shape index (κ2) is 7.44. The number of carbonyl (C=O) groups excluding carboxylic acids is 2. The number of hydrogen-bond donors (Lipinski definition) is 1. The number of rotatable bonds is 4. The van der Waals surface area contributed by atoms with Crippen molar-refractivity contribution in [3.05, 3.63) is 12.2 Å². The Morgan fingerprint density at radius 1 is 1.40 bits per heavy atom. The third kappa shape index (κ3) is 3.83. The van der Waals surface area contributed by atoms with Gasteiger partial charge < -0.3 is 14.3 Å². The van der Waals surface area contributed by atoms with Gasteiger partial charge in [-0.25, -0.2) is 9.59 Å². The predicted octanol–water partition coefficient (Wildman–Crippen LogP) is 1.71. The van der Waals surface area contributed by atoms with Gasteiger partial charge in [-0.05, 0) is 26.2 Å². The molecule has 6 nitrogen and oxygen atoms in total. The smallest absolute Gasteiger partial charge is 0.440 e. The summed E-state index contributed by atoms with van der Waals surface area (Å²) in [6.45, 7) is 10.6. The molecule has 0 radical (unpaired) electrons. The van der Waals surface area contributed by atoms with Gasteiger partial charge in [-0.1, -0.05) is 19.7 Å². The third-order valence-electron chi connectivity index (χ3n) is 3.49. The lowest BCUT2D eigenvalue weighted by atomic mass is 10.0. The molecule has 1 saturated heterocycles. The first-order valence-electron chi connectivity index (χ1n) is 6.91. The Morgan fingerprint density at radius 3 is 2.60 bits per heavy atom. The highest BCUT2D eigenvalue weighted by atomic mass is 28.3. The highest BCUT2D eigenvalue weighted by Crippen LogP contribution is 2.34. The van der Waals surface area contributed by atoms with Gasteiger partial charge in [0.2, 0.25) is 0 Å². The Balaban J connectivity index is 2.65. The van der Waals surface area contributed by atoms with Crippen LogP contribution >= 0.6 is 0 Å². The van der Waals surface area contributed by atoms with Crippen LogP contribution in [0.3, 0.4) is 0 Å². The standard InChI is InChI=1S/C13H23NO5Si/c1-5-17-12(16)14-19-11(15)10(2)13(20(3)4)8-6-7-9-18-13/h20H,2,5-9H2,1,3-4H3,(H,14,16). The zero-order chi connectivity index (χ0) is 15.2. The molecule has 0 saturated carbocycles. The van der Waals surface area contributed by atoms with Crippen molar-refractivity contribution in [1.29, 1.82) is 0 Å². The van der Waals surface area contributed by atoms with E-state index in [4.69, 9.17) is 9.57 Å². The number of hydroxylamine groups is 1. The largest absolute Gasteiger partial charge is 0.448 e. The van der Waals surface area contributed by atoms with Gasteiger partial charge in [0.05, 0.1) is 26.2 Å². The molecule has 1 aliphatic rings. The molecule has 7 heteroatoms. The van der Waals surface area contributed by atoms with E-state index >= 15 is 0 Å². The molecule has 1 amide bonds. The van der Waals surface area contributed by atoms with E-state index in [0.717, 1.165) is 19.3 Å². The summed E-state index contributed by atoms with van der Waals surface area (Å²) in [6, 6.07) is 0. The van der Waals surface area contributed by atoms with Crippen molar-refractivity contribution < 1.29 is 23.9 Å². The highest BCUT2D eigenvalue weighted by molar-refractivity contribution is 6.61. The minimum atomic E-state index is -1.33. The molecule has 0 aliphatic carbocycles. The molecular formula is C13H23NO5Si. The Hall–Kier alpha value is -1.34. The number of hydrogen-bond acceptors (Lipinski definition) is 5. The normalized spacial score (nSPS) is 22.2. The van der Waals surface area contributed by atoms with Crippen molar-refractivity contribution in [2.45, 2.75) is 44.5 Å². The van der Waals surface area contributed by atoms with E-state index in [1.807, 2.05) is 5.48 Å². The van der Waals surface area contributed by atoms with E-state index in [-0.39, 0.29) is 12.2 Å². The summed E-state index contributed by atoms with van der Waals surface area (Å²) in [6.07, 6.45) is 1.98. The maximum absolute atomic E-state index is 12.0. The molecule has 20 heavy (non-hydrogen) atoms. The SMILES string of the molecule is C=C(C(=O)ONC(=O)OCC)C1([SiH](C)C)CCCCO1. The Morgan fingerprint density at radius 2 is 2.10 bits per heavy atom. The Kier molecular flexibility index (Phi) is 6.22. The topological polar surface area (TPSA) is 73.9 Å². The first kappa shape index (κ1) is 16.7. The van der Waals surface area contributed by atoms with Crippen LogP contribution < -0.4 is 5.48 Å². The highest BCUT2D eigenvalue weighted by Gasteiger charge is 2.43. The van der Waals surface area contributed by atoms with Crippen molar-refractivity contribution in [3.8, 4) is 0 Å². The van der Waals surface area contributed by atoms with Gasteiger partial charge in [0, 0.05) is 6.61 Å². The van der Waals surface area contributed by atoms with Gasteiger partial charge in [0.25, 0.3) is 0 Å². The molecule has 1 heterocycles. The van der Waals surface area contributed by atoms with Crippen LogP contribution in [0.15, 0.2) is 12.2 Å². The van der Waals surface area contributed by atoms with E-state index in [9.17, 15) is 9.59 Å². The Labute approximate surface area is 121 Å². The molecule has 1 rings (SSSR count). The molecule has 0 aromatic rings. The van der Waals surface area contributed by atoms with Crippen molar-refractivity contribution >= 4 is 20.9 Å². The molecule has 114 valence electrons. The lowest BCUT2D eigenvalue weighted by molar-refractivity contribution is -0.148. The molecule has 0 aromatic heterocycles. The number of nitrogens with one attached hydrogen (secondary N) is 1. The lowest BCUT2D eigenvalue weighted by Crippen LogP contribution is -2.51. The van der Waals surface area contributed by atoms with E-state index in [0.29, 0.717) is 6.61 Å². The van der Waals surface area contributed by atoms with E-state index < -0.39 is 26.1 Å². The van der Waals surface area contributed by atoms with E-state index in [1.165, 1.54) is 0 Å². The molecule has 0 spiro atoms. The van der Waals surface area contributed by atoms with Crippen LogP contribution in [-0.4, -0.2) is 39.3 Å². The molecule has 1 fully saturated rings. The zero-order valence-corrected chi connectivity index (χ0v) is 13.5. The van der Waals surface area contributed by atoms with Crippen molar-refractivity contribution in [1.82, 2.24) is 5.48 Å². The average Bonchev–Trinajstić information content (AvgIpc) is 2.44. The fourth-order valence-electron chi connectivity index (χ4n) is 2.34. The average molecular weight is 301 g/mol. The van der Waals surface area contributed by atoms with Gasteiger partial charge in [0.1, 0.15) is 0 Å². The van der Waals surface area contributed by atoms with Crippen LogP contribution in [0.1, 0.15) is 26.2 Å². The summed E-state index contributed by atoms with van der Waals surface area (Å²) >= 11 is 0. The monoisotopic (exact) mass is 301 g/mol. The Bertz CT molecular complexity index is 377. The minimum Gasteiger partial charge on any atom is -0.448 e. The third-order valence-corrected chi connectivity index (χ3v) is 6.16. The summed E-state index contributed by atoms with van der Waals surface area (Å²) in [5, 5.41) is -0.578. The van der Waals surface area contributed by atoms with Crippen LogP contribution in [-0.2, 0) is 19.1 Å². The van der Waals surface area contributed by atoms with E-state index in [2.05, 4.69) is 24.4 Å². The van der Waals surface area contributed by atoms with Gasteiger partial charge >= 0.3 is 12.1 Å². The second-order valence-electron chi connectivity index (χ2n) is 5.04. The van der Waals surface area contributed by atoms with Crippen LogP contribution in [0, 0.1) is 0 Å². The fraction of sp³-hybridized carbons (Fsp3) is 0.692. The lowest BCUT2D eigenvalue weighted by Gasteiger charge is -2.40. The maximum Gasteiger partial charge on any atom is 0.440 e. The minimum absolute atomic E-state index is 0.205. The van der Waals surface area contributed by atoms with Crippen LogP contribution in [0.5, 0.6) is 0 Å². The van der Waals surface area contributed by atoms with Crippen LogP contribution in [0.2, 0.25) is 13.1 Å². The van der Waals surface area contributed by atoms with Gasteiger partial charge in [-0.3, -0.25) is 0 Å². The zero-order valence-electron chi connectivity index (χ0n) is 12.4. The molecule has 1 aliphatic heterocycles. The maximum atomic E-state index is 12.0. The molecule has 1 N–H and O–H groups in total. The summed E-state index contributed by atoms with van der Waals surface area (Å²) in [5.41, 5.74) is 2.24. The van der Waals surface area contributed by atoms with E-state index in [1.54, 1.807) is 6.92 Å². The summed E-state index contributed by atoms with van der Waals surface area (Å²) in [7, 11) is -1.33. The van der Waals surface area contributed by atoms with Crippen molar-refractivity contribution in [3.63, 3.8) is 0 Å². The molecular weight excluding hydrogens is 278 g/mol. The molecule has 0 bridgehead atoms. The van der Waals surface area contributed by atoms with Gasteiger partial charge in [-0.15, -0.1) is 5.48 Å². The number of amides is 1. The number of ether oxygens (including phenoxy) is 2. The molecule has 1 atom stereocenters. The quantitative estimate of drug-likeness (QED) is 0.486.